The number of para-hydroxylation sites is 2. The lowest BCUT2D eigenvalue weighted by molar-refractivity contribution is -0.123. The first-order chi connectivity index (χ1) is 8.99. The molecule has 0 spiro atoms. The Morgan fingerprint density at radius 1 is 1.42 bits per heavy atom. The quantitative estimate of drug-likeness (QED) is 0.647. The Kier molecular flexibility index (Phi) is 6.15. The molecule has 0 fully saturated rings. The van der Waals surface area contributed by atoms with Gasteiger partial charge < -0.3 is 20.9 Å². The number of benzene rings is 1. The minimum atomic E-state index is -0.522. The van der Waals surface area contributed by atoms with Crippen LogP contribution in [-0.2, 0) is 4.79 Å². The standard InChI is InChI=1S/C14H22N2O3/c1-10(2)7-11(17)8-16-14(18)9-19-13-6-4-3-5-12(13)15/h3-6,10-11,17H,7-9,15H2,1-2H3,(H,16,18). The van der Waals surface area contributed by atoms with Crippen LogP contribution in [0.1, 0.15) is 20.3 Å². The Labute approximate surface area is 113 Å². The van der Waals surface area contributed by atoms with E-state index < -0.39 is 6.10 Å². The molecule has 5 nitrogen and oxygen atoms in total. The fourth-order valence-electron chi connectivity index (χ4n) is 1.67. The van der Waals surface area contributed by atoms with Gasteiger partial charge in [0.2, 0.25) is 0 Å². The maximum atomic E-state index is 11.5. The maximum Gasteiger partial charge on any atom is 0.258 e. The second-order valence-electron chi connectivity index (χ2n) is 4.91. The van der Waals surface area contributed by atoms with Crippen molar-refractivity contribution in [3.63, 3.8) is 0 Å². The molecule has 0 aliphatic heterocycles. The summed E-state index contributed by atoms with van der Waals surface area (Å²) in [5.74, 6) is 0.610. The van der Waals surface area contributed by atoms with Crippen molar-refractivity contribution in [2.24, 2.45) is 5.92 Å². The van der Waals surface area contributed by atoms with Crippen molar-refractivity contribution in [3.8, 4) is 5.75 Å². The van der Waals surface area contributed by atoms with Gasteiger partial charge in [0.15, 0.2) is 6.61 Å². The smallest absolute Gasteiger partial charge is 0.258 e. The van der Waals surface area contributed by atoms with Crippen LogP contribution in [0.25, 0.3) is 0 Å². The lowest BCUT2D eigenvalue weighted by Gasteiger charge is -2.14. The zero-order chi connectivity index (χ0) is 14.3. The summed E-state index contributed by atoms with van der Waals surface area (Å²) in [5.41, 5.74) is 6.18. The Hall–Kier alpha value is -1.75. The Morgan fingerprint density at radius 3 is 2.74 bits per heavy atom. The van der Waals surface area contributed by atoms with Gasteiger partial charge in [-0.1, -0.05) is 26.0 Å². The molecule has 5 heteroatoms. The summed E-state index contributed by atoms with van der Waals surface area (Å²) in [7, 11) is 0. The molecule has 1 aromatic carbocycles. The highest BCUT2D eigenvalue weighted by molar-refractivity contribution is 5.77. The summed E-state index contributed by atoms with van der Waals surface area (Å²) in [6, 6.07) is 7.00. The molecule has 4 N–H and O–H groups in total. The minimum absolute atomic E-state index is 0.109. The number of anilines is 1. The van der Waals surface area contributed by atoms with Crippen molar-refractivity contribution in [2.45, 2.75) is 26.4 Å². The molecule has 1 aromatic rings. The van der Waals surface area contributed by atoms with E-state index in [2.05, 4.69) is 5.32 Å². The molecule has 1 rings (SSSR count). The third kappa shape index (κ3) is 6.10. The number of nitrogen functional groups attached to an aromatic ring is 1. The highest BCUT2D eigenvalue weighted by Crippen LogP contribution is 2.19. The van der Waals surface area contributed by atoms with Crippen LogP contribution >= 0.6 is 0 Å². The molecule has 0 aromatic heterocycles. The van der Waals surface area contributed by atoms with Gasteiger partial charge in [0.25, 0.3) is 5.91 Å². The van der Waals surface area contributed by atoms with E-state index in [0.29, 0.717) is 23.8 Å². The SMILES string of the molecule is CC(C)CC(O)CNC(=O)COc1ccccc1N. The van der Waals surface area contributed by atoms with Crippen LogP contribution in [0.5, 0.6) is 5.75 Å². The monoisotopic (exact) mass is 266 g/mol. The van der Waals surface area contributed by atoms with E-state index in [0.717, 1.165) is 0 Å². The molecule has 1 unspecified atom stereocenters. The molecule has 0 heterocycles. The van der Waals surface area contributed by atoms with Crippen LogP contribution in [0, 0.1) is 5.92 Å². The zero-order valence-electron chi connectivity index (χ0n) is 11.4. The predicted molar refractivity (Wildman–Crippen MR) is 74.8 cm³/mol. The topological polar surface area (TPSA) is 84.6 Å². The number of nitrogens with two attached hydrogens (primary N) is 1. The van der Waals surface area contributed by atoms with Gasteiger partial charge in [-0.05, 0) is 24.5 Å². The van der Waals surface area contributed by atoms with Crippen molar-refractivity contribution in [2.75, 3.05) is 18.9 Å². The van der Waals surface area contributed by atoms with Gasteiger partial charge in [-0.25, -0.2) is 0 Å². The van der Waals surface area contributed by atoms with E-state index in [1.165, 1.54) is 0 Å². The molecule has 0 saturated heterocycles. The molecular formula is C14H22N2O3. The number of nitrogens with one attached hydrogen (secondary N) is 1. The van der Waals surface area contributed by atoms with Crippen LogP contribution in [0.4, 0.5) is 5.69 Å². The molecule has 0 radical (unpaired) electrons. The third-order valence-electron chi connectivity index (χ3n) is 2.56. The Bertz CT molecular complexity index is 407. The summed E-state index contributed by atoms with van der Waals surface area (Å²) >= 11 is 0. The number of aliphatic hydroxyl groups excluding tert-OH is 1. The van der Waals surface area contributed by atoms with Crippen LogP contribution < -0.4 is 15.8 Å². The number of rotatable bonds is 7. The maximum absolute atomic E-state index is 11.5. The first kappa shape index (κ1) is 15.3. The summed E-state index contributed by atoms with van der Waals surface area (Å²) in [6.07, 6.45) is 0.137. The predicted octanol–water partition coefficient (Wildman–Crippen LogP) is 1.17. The summed E-state index contributed by atoms with van der Waals surface area (Å²) in [6.45, 7) is 4.17. The highest BCUT2D eigenvalue weighted by atomic mass is 16.5. The molecule has 19 heavy (non-hydrogen) atoms. The van der Waals surface area contributed by atoms with Crippen LogP contribution in [0.15, 0.2) is 24.3 Å². The van der Waals surface area contributed by atoms with Gasteiger partial charge in [0, 0.05) is 6.54 Å². The van der Waals surface area contributed by atoms with E-state index in [1.54, 1.807) is 24.3 Å². The number of hydrogen-bond acceptors (Lipinski definition) is 4. The molecule has 0 saturated carbocycles. The van der Waals surface area contributed by atoms with Crippen molar-refractivity contribution >= 4 is 11.6 Å². The number of aliphatic hydroxyl groups is 1. The molecule has 0 aliphatic rings. The normalized spacial score (nSPS) is 12.2. The van der Waals surface area contributed by atoms with Gasteiger partial charge in [-0.2, -0.15) is 0 Å². The zero-order valence-corrected chi connectivity index (χ0v) is 11.4. The fraction of sp³-hybridized carbons (Fsp3) is 0.500. The van der Waals surface area contributed by atoms with Crippen LogP contribution in [-0.4, -0.2) is 30.3 Å². The third-order valence-corrected chi connectivity index (χ3v) is 2.56. The van der Waals surface area contributed by atoms with Crippen molar-refractivity contribution in [1.82, 2.24) is 5.32 Å². The number of carbonyl (C=O) groups is 1. The van der Waals surface area contributed by atoms with E-state index in [9.17, 15) is 9.90 Å². The first-order valence-electron chi connectivity index (χ1n) is 6.41. The molecular weight excluding hydrogens is 244 g/mol. The summed E-state index contributed by atoms with van der Waals surface area (Å²) in [5, 5.41) is 12.2. The lowest BCUT2D eigenvalue weighted by Crippen LogP contribution is -2.35. The average molecular weight is 266 g/mol. The van der Waals surface area contributed by atoms with Crippen molar-refractivity contribution < 1.29 is 14.6 Å². The summed E-state index contributed by atoms with van der Waals surface area (Å²) in [4.78, 5) is 11.5. The van der Waals surface area contributed by atoms with Gasteiger partial charge in [-0.15, -0.1) is 0 Å². The minimum Gasteiger partial charge on any atom is -0.482 e. The van der Waals surface area contributed by atoms with Crippen molar-refractivity contribution in [3.05, 3.63) is 24.3 Å². The second-order valence-corrected chi connectivity index (χ2v) is 4.91. The fourth-order valence-corrected chi connectivity index (χ4v) is 1.67. The second kappa shape index (κ2) is 7.63. The first-order valence-corrected chi connectivity index (χ1v) is 6.41. The van der Waals surface area contributed by atoms with Gasteiger partial charge >= 0.3 is 0 Å². The largest absolute Gasteiger partial charge is 0.482 e. The molecule has 0 bridgehead atoms. The number of ether oxygens (including phenoxy) is 1. The molecule has 1 amide bonds. The van der Waals surface area contributed by atoms with Crippen molar-refractivity contribution in [1.29, 1.82) is 0 Å². The Balaban J connectivity index is 2.27. The summed E-state index contributed by atoms with van der Waals surface area (Å²) < 4.78 is 5.29. The van der Waals surface area contributed by atoms with Crippen LogP contribution in [0.3, 0.4) is 0 Å². The average Bonchev–Trinajstić information content (AvgIpc) is 2.34. The van der Waals surface area contributed by atoms with Crippen LogP contribution in [0.2, 0.25) is 0 Å². The number of hydrogen-bond donors (Lipinski definition) is 3. The van der Waals surface area contributed by atoms with Gasteiger partial charge in [0.05, 0.1) is 11.8 Å². The molecule has 106 valence electrons. The number of carbonyl (C=O) groups excluding carboxylic acids is 1. The molecule has 1 atom stereocenters. The Morgan fingerprint density at radius 2 is 2.11 bits per heavy atom. The van der Waals surface area contributed by atoms with Gasteiger partial charge in [0.1, 0.15) is 5.75 Å². The van der Waals surface area contributed by atoms with E-state index in [1.807, 2.05) is 13.8 Å². The lowest BCUT2D eigenvalue weighted by atomic mass is 10.1. The van der Waals surface area contributed by atoms with E-state index in [4.69, 9.17) is 10.5 Å². The molecule has 0 aliphatic carbocycles. The van der Waals surface area contributed by atoms with Gasteiger partial charge in [-0.3, -0.25) is 4.79 Å². The van der Waals surface area contributed by atoms with E-state index in [-0.39, 0.29) is 19.1 Å². The van der Waals surface area contributed by atoms with E-state index >= 15 is 0 Å². The number of amides is 1. The highest BCUT2D eigenvalue weighted by Gasteiger charge is 2.09.